The molecular formula is C21H25N5O3. The molecule has 8 nitrogen and oxygen atoms in total. The van der Waals surface area contributed by atoms with E-state index in [1.165, 1.54) is 5.57 Å². The molecule has 2 aromatic heterocycles. The molecule has 1 saturated carbocycles. The van der Waals surface area contributed by atoms with Crippen molar-refractivity contribution in [3.8, 4) is 0 Å². The number of hydrogen-bond acceptors (Lipinski definition) is 4. The third-order valence-corrected chi connectivity index (χ3v) is 5.94. The van der Waals surface area contributed by atoms with E-state index in [9.17, 15) is 9.59 Å². The summed E-state index contributed by atoms with van der Waals surface area (Å²) in [6.07, 6.45) is 7.74. The number of amides is 3. The molecule has 3 aliphatic rings. The van der Waals surface area contributed by atoms with Crippen molar-refractivity contribution >= 4 is 34.9 Å². The first kappa shape index (κ1) is 18.2. The van der Waals surface area contributed by atoms with Crippen LogP contribution in [0.3, 0.4) is 0 Å². The number of aromatic amines is 1. The maximum atomic E-state index is 12.7. The van der Waals surface area contributed by atoms with Crippen LogP contribution in [-0.2, 0) is 9.53 Å². The quantitative estimate of drug-likeness (QED) is 0.805. The van der Waals surface area contributed by atoms with Crippen molar-refractivity contribution < 1.29 is 14.3 Å². The average molecular weight is 395 g/mol. The van der Waals surface area contributed by atoms with Crippen molar-refractivity contribution in [1.82, 2.24) is 19.8 Å². The summed E-state index contributed by atoms with van der Waals surface area (Å²) in [6.45, 7) is 3.82. The van der Waals surface area contributed by atoms with Gasteiger partial charge in [0, 0.05) is 43.8 Å². The molecule has 152 valence electrons. The van der Waals surface area contributed by atoms with E-state index in [1.54, 1.807) is 4.90 Å². The highest BCUT2D eigenvalue weighted by molar-refractivity contribution is 5.93. The van der Waals surface area contributed by atoms with E-state index >= 15 is 0 Å². The molecule has 3 amide bonds. The number of H-pyrrole nitrogens is 1. The van der Waals surface area contributed by atoms with Crippen molar-refractivity contribution in [2.45, 2.75) is 25.3 Å². The number of urea groups is 1. The molecule has 4 heterocycles. The molecule has 8 heteroatoms. The van der Waals surface area contributed by atoms with Crippen LogP contribution < -0.4 is 4.90 Å². The number of morpholine rings is 1. The molecule has 0 aromatic carbocycles. The number of aromatic nitrogens is 2. The zero-order chi connectivity index (χ0) is 19.8. The van der Waals surface area contributed by atoms with Crippen molar-refractivity contribution in [3.63, 3.8) is 0 Å². The number of nitrogens with zero attached hydrogens (tertiary/aromatic N) is 4. The van der Waals surface area contributed by atoms with Crippen LogP contribution in [0.4, 0.5) is 10.6 Å². The third kappa shape index (κ3) is 3.48. The predicted molar refractivity (Wildman–Crippen MR) is 110 cm³/mol. The van der Waals surface area contributed by atoms with Gasteiger partial charge in [0.15, 0.2) is 0 Å². The van der Waals surface area contributed by atoms with Gasteiger partial charge in [-0.1, -0.05) is 6.08 Å². The van der Waals surface area contributed by atoms with Crippen LogP contribution in [0.1, 0.15) is 24.8 Å². The van der Waals surface area contributed by atoms with Crippen LogP contribution in [0.25, 0.3) is 16.6 Å². The van der Waals surface area contributed by atoms with E-state index in [-0.39, 0.29) is 12.1 Å². The summed E-state index contributed by atoms with van der Waals surface area (Å²) >= 11 is 0. The van der Waals surface area contributed by atoms with E-state index < -0.39 is 0 Å². The zero-order valence-electron chi connectivity index (χ0n) is 16.3. The maximum absolute atomic E-state index is 12.7. The van der Waals surface area contributed by atoms with Gasteiger partial charge in [0.25, 0.3) is 0 Å². The fourth-order valence-corrected chi connectivity index (χ4v) is 4.14. The molecule has 5 rings (SSSR count). The Morgan fingerprint density at radius 3 is 2.76 bits per heavy atom. The standard InChI is InChI=1S/C21H25N5O3/c27-14-26(16-1-2-16)19-13-18(17-3-6-22-20(17)23-19)15-4-7-24(8-5-15)21(28)25-9-11-29-12-10-25/h3-4,6,13-14,16H,1-2,5,7-12H2,(H,22,23). The smallest absolute Gasteiger partial charge is 0.320 e. The largest absolute Gasteiger partial charge is 0.378 e. The summed E-state index contributed by atoms with van der Waals surface area (Å²) in [5.74, 6) is 0.695. The van der Waals surface area contributed by atoms with Gasteiger partial charge < -0.3 is 19.5 Å². The van der Waals surface area contributed by atoms with E-state index in [0.717, 1.165) is 42.3 Å². The molecule has 0 atom stereocenters. The normalized spacial score (nSPS) is 19.9. The van der Waals surface area contributed by atoms with Crippen molar-refractivity contribution in [1.29, 1.82) is 0 Å². The topological polar surface area (TPSA) is 81.8 Å². The molecular weight excluding hydrogens is 370 g/mol. The van der Waals surface area contributed by atoms with E-state index in [4.69, 9.17) is 4.74 Å². The Labute approximate surface area is 169 Å². The average Bonchev–Trinajstić information content (AvgIpc) is 3.49. The second-order valence-corrected chi connectivity index (χ2v) is 7.82. The number of fused-ring (bicyclic) bond motifs is 1. The molecule has 0 bridgehead atoms. The molecule has 1 aliphatic carbocycles. The predicted octanol–water partition coefficient (Wildman–Crippen LogP) is 2.23. The van der Waals surface area contributed by atoms with Gasteiger partial charge in [-0.3, -0.25) is 9.69 Å². The Bertz CT molecular complexity index is 958. The molecule has 0 spiro atoms. The number of carbonyl (C=O) groups is 2. The number of hydrogen-bond donors (Lipinski definition) is 1. The van der Waals surface area contributed by atoms with Crippen LogP contribution in [0.15, 0.2) is 24.4 Å². The van der Waals surface area contributed by atoms with E-state index in [1.807, 2.05) is 28.1 Å². The Morgan fingerprint density at radius 2 is 2.07 bits per heavy atom. The van der Waals surface area contributed by atoms with Crippen LogP contribution in [0, 0.1) is 0 Å². The third-order valence-electron chi connectivity index (χ3n) is 5.94. The summed E-state index contributed by atoms with van der Waals surface area (Å²) in [4.78, 5) is 37.7. The number of rotatable bonds is 4. The Balaban J connectivity index is 1.40. The Kier molecular flexibility index (Phi) is 4.71. The molecule has 29 heavy (non-hydrogen) atoms. The number of carbonyl (C=O) groups excluding carboxylic acids is 2. The number of ether oxygens (including phenoxy) is 1. The van der Waals surface area contributed by atoms with Gasteiger partial charge in [-0.2, -0.15) is 0 Å². The summed E-state index contributed by atoms with van der Waals surface area (Å²) in [6, 6.07) is 4.40. The fraction of sp³-hybridized carbons (Fsp3) is 0.476. The van der Waals surface area contributed by atoms with Gasteiger partial charge in [0.1, 0.15) is 11.5 Å². The lowest BCUT2D eigenvalue weighted by atomic mass is 9.97. The van der Waals surface area contributed by atoms with Gasteiger partial charge in [0.05, 0.1) is 13.2 Å². The molecule has 2 aromatic rings. The lowest BCUT2D eigenvalue weighted by molar-refractivity contribution is -0.107. The van der Waals surface area contributed by atoms with Crippen molar-refractivity contribution in [2.75, 3.05) is 44.3 Å². The zero-order valence-corrected chi connectivity index (χ0v) is 16.3. The minimum absolute atomic E-state index is 0.0895. The Morgan fingerprint density at radius 1 is 1.24 bits per heavy atom. The number of anilines is 1. The monoisotopic (exact) mass is 395 g/mol. The summed E-state index contributed by atoms with van der Waals surface area (Å²) < 4.78 is 5.34. The highest BCUT2D eigenvalue weighted by atomic mass is 16.5. The van der Waals surface area contributed by atoms with Gasteiger partial charge >= 0.3 is 6.03 Å². The number of pyridine rings is 1. The van der Waals surface area contributed by atoms with Crippen LogP contribution >= 0.6 is 0 Å². The summed E-state index contributed by atoms with van der Waals surface area (Å²) in [5.41, 5.74) is 3.08. The number of nitrogens with one attached hydrogen (secondary N) is 1. The van der Waals surface area contributed by atoms with Gasteiger partial charge in [-0.25, -0.2) is 9.78 Å². The Hall–Kier alpha value is -2.87. The lowest BCUT2D eigenvalue weighted by Gasteiger charge is -2.34. The first-order chi connectivity index (χ1) is 14.2. The minimum Gasteiger partial charge on any atom is -0.378 e. The molecule has 0 radical (unpaired) electrons. The van der Waals surface area contributed by atoms with Crippen molar-refractivity contribution in [3.05, 3.63) is 30.0 Å². The summed E-state index contributed by atoms with van der Waals surface area (Å²) in [7, 11) is 0. The highest BCUT2D eigenvalue weighted by Crippen LogP contribution is 2.35. The molecule has 2 fully saturated rings. The summed E-state index contributed by atoms with van der Waals surface area (Å²) in [5, 5.41) is 1.05. The molecule has 2 aliphatic heterocycles. The molecule has 0 unspecified atom stereocenters. The second-order valence-electron chi connectivity index (χ2n) is 7.82. The first-order valence-electron chi connectivity index (χ1n) is 10.3. The molecule has 1 saturated heterocycles. The minimum atomic E-state index is 0.0895. The van der Waals surface area contributed by atoms with Crippen LogP contribution in [0.5, 0.6) is 0 Å². The SMILES string of the molecule is O=CN(c1cc(C2=CCN(C(=O)N3CCOCC3)CC2)c2cc[nH]c2n1)C1CC1. The van der Waals surface area contributed by atoms with Gasteiger partial charge in [-0.15, -0.1) is 0 Å². The highest BCUT2D eigenvalue weighted by Gasteiger charge is 2.31. The van der Waals surface area contributed by atoms with Crippen LogP contribution in [0.2, 0.25) is 0 Å². The fourth-order valence-electron chi connectivity index (χ4n) is 4.14. The van der Waals surface area contributed by atoms with Gasteiger partial charge in [-0.05, 0) is 42.5 Å². The van der Waals surface area contributed by atoms with Crippen LogP contribution in [-0.4, -0.2) is 77.6 Å². The van der Waals surface area contributed by atoms with E-state index in [2.05, 4.69) is 16.0 Å². The van der Waals surface area contributed by atoms with Crippen molar-refractivity contribution in [2.24, 2.45) is 0 Å². The first-order valence-corrected chi connectivity index (χ1v) is 10.3. The maximum Gasteiger partial charge on any atom is 0.320 e. The lowest BCUT2D eigenvalue weighted by Crippen LogP contribution is -2.49. The van der Waals surface area contributed by atoms with Gasteiger partial charge in [0.2, 0.25) is 6.41 Å². The molecule has 1 N–H and O–H groups in total. The van der Waals surface area contributed by atoms with E-state index in [0.29, 0.717) is 45.2 Å². The second kappa shape index (κ2) is 7.51.